The number of hydrogen-bond acceptors (Lipinski definition) is 3. The van der Waals surface area contributed by atoms with E-state index in [-0.39, 0.29) is 0 Å². The summed E-state index contributed by atoms with van der Waals surface area (Å²) in [5.41, 5.74) is 1.21. The fourth-order valence-electron chi connectivity index (χ4n) is 2.57. The number of nitrogens with zero attached hydrogens (tertiary/aromatic N) is 2. The van der Waals surface area contributed by atoms with Crippen LogP contribution in [0.2, 0.25) is 0 Å². The highest BCUT2D eigenvalue weighted by atomic mass is 15.2. The molecule has 1 aliphatic rings. The van der Waals surface area contributed by atoms with Crippen LogP contribution in [-0.4, -0.2) is 42.1 Å². The maximum absolute atomic E-state index is 4.39. The molecule has 0 bridgehead atoms. The maximum atomic E-state index is 4.39. The largest absolute Gasteiger partial charge is 0.317 e. The summed E-state index contributed by atoms with van der Waals surface area (Å²) in [6.07, 6.45) is 5.53. The minimum absolute atomic E-state index is 0.768. The molecule has 1 aromatic rings. The molecule has 17 heavy (non-hydrogen) atoms. The minimum Gasteiger partial charge on any atom is -0.317 e. The Labute approximate surface area is 104 Å². The molecule has 0 aromatic carbocycles. The highest BCUT2D eigenvalue weighted by Gasteiger charge is 2.19. The normalized spacial score (nSPS) is 17.5. The molecule has 0 radical (unpaired) electrons. The van der Waals surface area contributed by atoms with Gasteiger partial charge in [-0.1, -0.05) is 13.0 Å². The lowest BCUT2D eigenvalue weighted by Crippen LogP contribution is -2.43. The third-order valence-corrected chi connectivity index (χ3v) is 3.61. The number of aromatic nitrogens is 1. The van der Waals surface area contributed by atoms with Crippen LogP contribution in [0.1, 0.15) is 25.5 Å². The lowest BCUT2D eigenvalue weighted by Gasteiger charge is -2.33. The Balaban J connectivity index is 1.82. The minimum atomic E-state index is 0.768. The van der Waals surface area contributed by atoms with Crippen LogP contribution >= 0.6 is 0 Å². The zero-order valence-corrected chi connectivity index (χ0v) is 10.7. The van der Waals surface area contributed by atoms with Crippen LogP contribution in [0.3, 0.4) is 0 Å². The zero-order valence-electron chi connectivity index (χ0n) is 10.7. The number of piperidine rings is 1. The molecule has 0 atom stereocenters. The molecule has 94 valence electrons. The van der Waals surface area contributed by atoms with Gasteiger partial charge in [-0.05, 0) is 44.6 Å². The van der Waals surface area contributed by atoms with Crippen molar-refractivity contribution >= 4 is 0 Å². The molecule has 0 amide bonds. The third-order valence-electron chi connectivity index (χ3n) is 3.61. The first-order valence-electron chi connectivity index (χ1n) is 6.75. The van der Waals surface area contributed by atoms with Crippen LogP contribution in [0.15, 0.2) is 24.4 Å². The Bertz CT molecular complexity index is 307. The second-order valence-corrected chi connectivity index (χ2v) is 4.68. The molecule has 2 rings (SSSR count). The molecule has 0 spiro atoms. The van der Waals surface area contributed by atoms with E-state index in [2.05, 4.69) is 34.3 Å². The SMILES string of the molecule is CCN(CCc1ccccn1)C1CCNCC1. The van der Waals surface area contributed by atoms with Crippen LogP contribution < -0.4 is 5.32 Å². The second kappa shape index (κ2) is 6.72. The summed E-state index contributed by atoms with van der Waals surface area (Å²) in [5, 5.41) is 3.43. The summed E-state index contributed by atoms with van der Waals surface area (Å²) in [6.45, 7) is 6.89. The van der Waals surface area contributed by atoms with Gasteiger partial charge in [0.15, 0.2) is 0 Å². The van der Waals surface area contributed by atoms with E-state index >= 15 is 0 Å². The van der Waals surface area contributed by atoms with Gasteiger partial charge in [0.25, 0.3) is 0 Å². The summed E-state index contributed by atoms with van der Waals surface area (Å²) in [7, 11) is 0. The van der Waals surface area contributed by atoms with Gasteiger partial charge in [0.05, 0.1) is 0 Å². The second-order valence-electron chi connectivity index (χ2n) is 4.68. The van der Waals surface area contributed by atoms with Crippen LogP contribution in [0.25, 0.3) is 0 Å². The van der Waals surface area contributed by atoms with Crippen molar-refractivity contribution in [2.45, 2.75) is 32.2 Å². The first-order valence-corrected chi connectivity index (χ1v) is 6.75. The van der Waals surface area contributed by atoms with Gasteiger partial charge in [-0.2, -0.15) is 0 Å². The van der Waals surface area contributed by atoms with Crippen molar-refractivity contribution in [1.29, 1.82) is 0 Å². The number of hydrogen-bond donors (Lipinski definition) is 1. The third kappa shape index (κ3) is 3.79. The van der Waals surface area contributed by atoms with Crippen molar-refractivity contribution in [3.8, 4) is 0 Å². The van der Waals surface area contributed by atoms with Gasteiger partial charge < -0.3 is 10.2 Å². The van der Waals surface area contributed by atoms with Crippen molar-refractivity contribution in [3.63, 3.8) is 0 Å². The van der Waals surface area contributed by atoms with E-state index < -0.39 is 0 Å². The van der Waals surface area contributed by atoms with Crippen molar-refractivity contribution in [3.05, 3.63) is 30.1 Å². The van der Waals surface area contributed by atoms with E-state index in [1.165, 1.54) is 31.6 Å². The van der Waals surface area contributed by atoms with Gasteiger partial charge in [0.1, 0.15) is 0 Å². The molecule has 1 saturated heterocycles. The molecule has 3 heteroatoms. The lowest BCUT2D eigenvalue weighted by molar-refractivity contribution is 0.171. The highest BCUT2D eigenvalue weighted by Crippen LogP contribution is 2.12. The molecule has 0 unspecified atom stereocenters. The fourth-order valence-corrected chi connectivity index (χ4v) is 2.57. The van der Waals surface area contributed by atoms with Crippen molar-refractivity contribution in [1.82, 2.24) is 15.2 Å². The predicted octanol–water partition coefficient (Wildman–Crippen LogP) is 1.70. The van der Waals surface area contributed by atoms with Crippen molar-refractivity contribution in [2.24, 2.45) is 0 Å². The Hall–Kier alpha value is -0.930. The molecule has 0 aliphatic carbocycles. The molecule has 1 aliphatic heterocycles. The quantitative estimate of drug-likeness (QED) is 0.839. The highest BCUT2D eigenvalue weighted by molar-refractivity contribution is 5.03. The van der Waals surface area contributed by atoms with Crippen LogP contribution in [0.5, 0.6) is 0 Å². The summed E-state index contributed by atoms with van der Waals surface area (Å²) in [4.78, 5) is 7.00. The molecule has 1 aromatic heterocycles. The van der Waals surface area contributed by atoms with E-state index in [0.717, 1.165) is 25.6 Å². The Kier molecular flexibility index (Phi) is 4.95. The van der Waals surface area contributed by atoms with Gasteiger partial charge in [0.2, 0.25) is 0 Å². The molecule has 3 nitrogen and oxygen atoms in total. The van der Waals surface area contributed by atoms with E-state index in [4.69, 9.17) is 0 Å². The molecule has 0 saturated carbocycles. The molecule has 2 heterocycles. The summed E-state index contributed by atoms with van der Waals surface area (Å²) >= 11 is 0. The standard InChI is InChI=1S/C14H23N3/c1-2-17(14-6-10-15-11-7-14)12-8-13-5-3-4-9-16-13/h3-5,9,14-15H,2,6-8,10-12H2,1H3. The summed E-state index contributed by atoms with van der Waals surface area (Å²) in [5.74, 6) is 0. The topological polar surface area (TPSA) is 28.2 Å². The number of likely N-dealkylation sites (N-methyl/N-ethyl adjacent to an activating group) is 1. The first-order chi connectivity index (χ1) is 8.40. The number of nitrogens with one attached hydrogen (secondary N) is 1. The van der Waals surface area contributed by atoms with Gasteiger partial charge in [-0.15, -0.1) is 0 Å². The predicted molar refractivity (Wildman–Crippen MR) is 71.1 cm³/mol. The smallest absolute Gasteiger partial charge is 0.0416 e. The summed E-state index contributed by atoms with van der Waals surface area (Å²) in [6, 6.07) is 6.94. The lowest BCUT2D eigenvalue weighted by atomic mass is 10.0. The van der Waals surface area contributed by atoms with Crippen LogP contribution in [-0.2, 0) is 6.42 Å². The van der Waals surface area contributed by atoms with Gasteiger partial charge in [-0.25, -0.2) is 0 Å². The van der Waals surface area contributed by atoms with Gasteiger partial charge in [0, 0.05) is 30.9 Å². The fraction of sp³-hybridized carbons (Fsp3) is 0.643. The molecular weight excluding hydrogens is 210 g/mol. The molecular formula is C14H23N3. The molecule has 1 N–H and O–H groups in total. The monoisotopic (exact) mass is 233 g/mol. The zero-order chi connectivity index (χ0) is 11.9. The van der Waals surface area contributed by atoms with Gasteiger partial charge in [-0.3, -0.25) is 4.98 Å². The number of rotatable bonds is 5. The average Bonchev–Trinajstić information content (AvgIpc) is 2.42. The van der Waals surface area contributed by atoms with E-state index in [1.807, 2.05) is 12.3 Å². The first kappa shape index (κ1) is 12.5. The van der Waals surface area contributed by atoms with Crippen molar-refractivity contribution < 1.29 is 0 Å². The van der Waals surface area contributed by atoms with Crippen LogP contribution in [0, 0.1) is 0 Å². The van der Waals surface area contributed by atoms with E-state index in [1.54, 1.807) is 0 Å². The number of pyridine rings is 1. The summed E-state index contributed by atoms with van der Waals surface area (Å²) < 4.78 is 0. The van der Waals surface area contributed by atoms with E-state index in [9.17, 15) is 0 Å². The maximum Gasteiger partial charge on any atom is 0.0416 e. The molecule has 1 fully saturated rings. The average molecular weight is 233 g/mol. The Morgan fingerprint density at radius 1 is 1.35 bits per heavy atom. The van der Waals surface area contributed by atoms with Crippen molar-refractivity contribution in [2.75, 3.05) is 26.2 Å². The van der Waals surface area contributed by atoms with Gasteiger partial charge >= 0.3 is 0 Å². The van der Waals surface area contributed by atoms with Crippen LogP contribution in [0.4, 0.5) is 0 Å². The Morgan fingerprint density at radius 3 is 2.82 bits per heavy atom. The Morgan fingerprint density at radius 2 is 2.18 bits per heavy atom. The van der Waals surface area contributed by atoms with E-state index in [0.29, 0.717) is 0 Å².